The van der Waals surface area contributed by atoms with Crippen molar-refractivity contribution in [2.75, 3.05) is 5.32 Å². The number of nitrogens with zero attached hydrogens (tertiary/aromatic N) is 2. The zero-order chi connectivity index (χ0) is 14.7. The molecule has 0 saturated carbocycles. The number of aldehydes is 1. The molecule has 5 heteroatoms. The summed E-state index contributed by atoms with van der Waals surface area (Å²) in [5.74, 6) is 0.994. The molecule has 2 rings (SSSR count). The van der Waals surface area contributed by atoms with Crippen molar-refractivity contribution >= 4 is 23.7 Å². The van der Waals surface area contributed by atoms with Gasteiger partial charge in [0, 0.05) is 0 Å². The second-order valence-corrected chi connectivity index (χ2v) is 5.02. The number of halogens is 1. The van der Waals surface area contributed by atoms with E-state index in [9.17, 15) is 4.79 Å². The van der Waals surface area contributed by atoms with Gasteiger partial charge in [0.1, 0.15) is 16.8 Å². The molecule has 1 N–H and O–H groups in total. The van der Waals surface area contributed by atoms with Crippen LogP contribution in [0.3, 0.4) is 0 Å². The molecule has 0 radical (unpaired) electrons. The number of anilines is 1. The van der Waals surface area contributed by atoms with Gasteiger partial charge in [-0.2, -0.15) is 0 Å². The molecular formula is C15H16ClN3O. The van der Waals surface area contributed by atoms with Crippen molar-refractivity contribution in [3.8, 4) is 0 Å². The summed E-state index contributed by atoms with van der Waals surface area (Å²) in [5.41, 5.74) is 2.62. The Hall–Kier alpha value is -1.94. The van der Waals surface area contributed by atoms with E-state index < -0.39 is 0 Å². The Morgan fingerprint density at radius 1 is 1.25 bits per heavy atom. The predicted octanol–water partition coefficient (Wildman–Crippen LogP) is 3.73. The molecule has 1 aromatic carbocycles. The number of carbonyl (C=O) groups excluding carboxylic acids is 1. The summed E-state index contributed by atoms with van der Waals surface area (Å²) in [7, 11) is 0. The number of hydrogen-bond donors (Lipinski definition) is 1. The van der Waals surface area contributed by atoms with E-state index in [0.717, 1.165) is 5.56 Å². The summed E-state index contributed by atoms with van der Waals surface area (Å²) < 4.78 is 0. The number of nitrogens with one attached hydrogen (secondary N) is 1. The second-order valence-electron chi connectivity index (χ2n) is 4.66. The second kappa shape index (κ2) is 6.01. The lowest BCUT2D eigenvalue weighted by atomic mass is 10.0. The SMILES string of the molecule is Cc1nc(Cl)c(C=O)c(NC(C)c2ccccc2C)n1. The molecule has 0 amide bonds. The molecule has 1 atom stereocenters. The maximum absolute atomic E-state index is 11.1. The van der Waals surface area contributed by atoms with Crippen molar-refractivity contribution in [2.24, 2.45) is 0 Å². The largest absolute Gasteiger partial charge is 0.363 e. The van der Waals surface area contributed by atoms with Gasteiger partial charge in [0.05, 0.1) is 11.6 Å². The zero-order valence-electron chi connectivity index (χ0n) is 11.6. The van der Waals surface area contributed by atoms with Crippen molar-refractivity contribution in [2.45, 2.75) is 26.8 Å². The van der Waals surface area contributed by atoms with Gasteiger partial charge in [0.15, 0.2) is 6.29 Å². The van der Waals surface area contributed by atoms with E-state index in [2.05, 4.69) is 15.3 Å². The molecule has 1 aromatic heterocycles. The van der Waals surface area contributed by atoms with Gasteiger partial charge in [-0.3, -0.25) is 4.79 Å². The highest BCUT2D eigenvalue weighted by molar-refractivity contribution is 6.32. The van der Waals surface area contributed by atoms with Gasteiger partial charge in [-0.05, 0) is 31.9 Å². The lowest BCUT2D eigenvalue weighted by molar-refractivity contribution is 0.112. The average Bonchev–Trinajstić information content (AvgIpc) is 2.38. The summed E-state index contributed by atoms with van der Waals surface area (Å²) in [6.45, 7) is 5.80. The number of benzene rings is 1. The van der Waals surface area contributed by atoms with E-state index >= 15 is 0 Å². The normalized spacial score (nSPS) is 12.0. The van der Waals surface area contributed by atoms with Gasteiger partial charge >= 0.3 is 0 Å². The Bertz CT molecular complexity index is 643. The van der Waals surface area contributed by atoms with Crippen LogP contribution in [0.25, 0.3) is 0 Å². The minimum Gasteiger partial charge on any atom is -0.363 e. The lowest BCUT2D eigenvalue weighted by Gasteiger charge is -2.18. The highest BCUT2D eigenvalue weighted by atomic mass is 35.5. The van der Waals surface area contributed by atoms with E-state index in [4.69, 9.17) is 11.6 Å². The van der Waals surface area contributed by atoms with Crippen LogP contribution in [0.4, 0.5) is 5.82 Å². The summed E-state index contributed by atoms with van der Waals surface area (Å²) >= 11 is 5.97. The number of aromatic nitrogens is 2. The van der Waals surface area contributed by atoms with E-state index in [1.807, 2.05) is 38.1 Å². The fraction of sp³-hybridized carbons (Fsp3) is 0.267. The van der Waals surface area contributed by atoms with Crippen LogP contribution in [0.2, 0.25) is 5.15 Å². The van der Waals surface area contributed by atoms with E-state index in [1.165, 1.54) is 5.56 Å². The van der Waals surface area contributed by atoms with Crippen LogP contribution in [-0.2, 0) is 0 Å². The first kappa shape index (κ1) is 14.5. The molecule has 0 aliphatic carbocycles. The lowest BCUT2D eigenvalue weighted by Crippen LogP contribution is -2.12. The Labute approximate surface area is 123 Å². The van der Waals surface area contributed by atoms with E-state index in [0.29, 0.717) is 17.9 Å². The van der Waals surface area contributed by atoms with Crippen molar-refractivity contribution in [3.63, 3.8) is 0 Å². The quantitative estimate of drug-likeness (QED) is 0.688. The maximum atomic E-state index is 11.1. The van der Waals surface area contributed by atoms with E-state index in [-0.39, 0.29) is 16.8 Å². The molecule has 2 aromatic rings. The van der Waals surface area contributed by atoms with Gasteiger partial charge in [-0.25, -0.2) is 9.97 Å². The van der Waals surface area contributed by atoms with Gasteiger partial charge in [0.2, 0.25) is 0 Å². The van der Waals surface area contributed by atoms with Gasteiger partial charge < -0.3 is 5.32 Å². The first-order chi connectivity index (χ1) is 9.52. The molecule has 0 saturated heterocycles. The Morgan fingerprint density at radius 2 is 1.95 bits per heavy atom. The molecule has 104 valence electrons. The fourth-order valence-electron chi connectivity index (χ4n) is 2.12. The standard InChI is InChI=1S/C15H16ClN3O/c1-9-6-4-5-7-12(9)10(2)17-15-13(8-20)14(16)18-11(3)19-15/h4-8,10H,1-3H3,(H,17,18,19). The molecule has 0 spiro atoms. The summed E-state index contributed by atoms with van der Waals surface area (Å²) in [5, 5.41) is 3.41. The number of rotatable bonds is 4. The molecule has 20 heavy (non-hydrogen) atoms. The third kappa shape index (κ3) is 2.96. The monoisotopic (exact) mass is 289 g/mol. The van der Waals surface area contributed by atoms with Crippen molar-refractivity contribution in [3.05, 3.63) is 51.9 Å². The summed E-state index contributed by atoms with van der Waals surface area (Å²) in [6, 6.07) is 8.09. The van der Waals surface area contributed by atoms with Crippen LogP contribution in [0.5, 0.6) is 0 Å². The summed E-state index contributed by atoms with van der Waals surface area (Å²) in [6.07, 6.45) is 0.675. The molecular weight excluding hydrogens is 274 g/mol. The van der Waals surface area contributed by atoms with Crippen LogP contribution >= 0.6 is 11.6 Å². The predicted molar refractivity (Wildman–Crippen MR) is 80.4 cm³/mol. The third-order valence-electron chi connectivity index (χ3n) is 3.14. The third-order valence-corrected chi connectivity index (χ3v) is 3.43. The first-order valence-electron chi connectivity index (χ1n) is 6.34. The van der Waals surface area contributed by atoms with Crippen molar-refractivity contribution in [1.29, 1.82) is 0 Å². The topological polar surface area (TPSA) is 54.9 Å². The van der Waals surface area contributed by atoms with Crippen LogP contribution in [-0.4, -0.2) is 16.3 Å². The Kier molecular flexibility index (Phi) is 4.35. The maximum Gasteiger partial charge on any atom is 0.156 e. The average molecular weight is 290 g/mol. The number of aryl methyl sites for hydroxylation is 2. The van der Waals surface area contributed by atoms with E-state index in [1.54, 1.807) is 6.92 Å². The smallest absolute Gasteiger partial charge is 0.156 e. The van der Waals surface area contributed by atoms with Crippen LogP contribution in [0, 0.1) is 13.8 Å². The van der Waals surface area contributed by atoms with Gasteiger partial charge in [-0.15, -0.1) is 0 Å². The molecule has 1 heterocycles. The zero-order valence-corrected chi connectivity index (χ0v) is 12.4. The molecule has 0 aliphatic rings. The highest BCUT2D eigenvalue weighted by Gasteiger charge is 2.15. The Balaban J connectivity index is 2.35. The van der Waals surface area contributed by atoms with Crippen molar-refractivity contribution < 1.29 is 4.79 Å². The fourth-order valence-corrected chi connectivity index (χ4v) is 2.37. The van der Waals surface area contributed by atoms with Gasteiger partial charge in [-0.1, -0.05) is 35.9 Å². The number of hydrogen-bond acceptors (Lipinski definition) is 4. The molecule has 0 aliphatic heterocycles. The molecule has 0 fully saturated rings. The van der Waals surface area contributed by atoms with Crippen LogP contribution < -0.4 is 5.32 Å². The Morgan fingerprint density at radius 3 is 2.60 bits per heavy atom. The minimum atomic E-state index is 0.0141. The molecule has 1 unspecified atom stereocenters. The summed E-state index contributed by atoms with van der Waals surface area (Å²) in [4.78, 5) is 19.4. The van der Waals surface area contributed by atoms with Crippen LogP contribution in [0.15, 0.2) is 24.3 Å². The first-order valence-corrected chi connectivity index (χ1v) is 6.72. The molecule has 4 nitrogen and oxygen atoms in total. The van der Waals surface area contributed by atoms with Crippen LogP contribution in [0.1, 0.15) is 40.3 Å². The highest BCUT2D eigenvalue weighted by Crippen LogP contribution is 2.25. The molecule has 0 bridgehead atoms. The minimum absolute atomic E-state index is 0.0141. The number of carbonyl (C=O) groups is 1. The van der Waals surface area contributed by atoms with Crippen molar-refractivity contribution in [1.82, 2.24) is 9.97 Å². The van der Waals surface area contributed by atoms with Gasteiger partial charge in [0.25, 0.3) is 0 Å².